The second-order valence-electron chi connectivity index (χ2n) is 7.25. The lowest BCUT2D eigenvalue weighted by molar-refractivity contribution is -0.116. The fourth-order valence-electron chi connectivity index (χ4n) is 4.02. The molecular formula is C21H24N2O3S. The number of amides is 1. The Balaban J connectivity index is 1.39. The first-order valence-electron chi connectivity index (χ1n) is 9.52. The normalized spacial score (nSPS) is 17.1. The molecule has 2 aliphatic rings. The minimum absolute atomic E-state index is 0.0163. The molecule has 0 saturated heterocycles. The van der Waals surface area contributed by atoms with Gasteiger partial charge in [-0.2, -0.15) is 0 Å². The number of carbonyl (C=O) groups is 1. The van der Waals surface area contributed by atoms with Gasteiger partial charge < -0.3 is 10.2 Å². The molecule has 0 atom stereocenters. The Bertz CT molecular complexity index is 932. The molecule has 1 amide bonds. The summed E-state index contributed by atoms with van der Waals surface area (Å²) < 4.78 is 25.2. The Morgan fingerprint density at radius 2 is 1.74 bits per heavy atom. The van der Waals surface area contributed by atoms with E-state index in [0.717, 1.165) is 43.5 Å². The summed E-state index contributed by atoms with van der Waals surface area (Å²) in [7, 11) is -3.24. The number of sulfone groups is 1. The molecule has 0 spiro atoms. The quantitative estimate of drug-likeness (QED) is 0.858. The number of rotatable bonds is 5. The van der Waals surface area contributed by atoms with Crippen molar-refractivity contribution in [2.24, 2.45) is 0 Å². The Morgan fingerprint density at radius 1 is 1.04 bits per heavy atom. The van der Waals surface area contributed by atoms with Gasteiger partial charge >= 0.3 is 0 Å². The van der Waals surface area contributed by atoms with Crippen LogP contribution in [0.3, 0.4) is 0 Å². The van der Waals surface area contributed by atoms with Crippen LogP contribution < -0.4 is 10.2 Å². The van der Waals surface area contributed by atoms with Crippen LogP contribution >= 0.6 is 0 Å². The molecule has 1 fully saturated rings. The van der Waals surface area contributed by atoms with Crippen molar-refractivity contribution in [3.8, 4) is 0 Å². The predicted octanol–water partition coefficient (Wildman–Crippen LogP) is 3.40. The molecule has 2 aromatic carbocycles. The van der Waals surface area contributed by atoms with Crippen molar-refractivity contribution in [1.82, 2.24) is 0 Å². The maximum atomic E-state index is 12.6. The number of benzene rings is 2. The third-order valence-electron chi connectivity index (χ3n) is 5.56. The second-order valence-corrected chi connectivity index (χ2v) is 9.48. The minimum Gasteiger partial charge on any atom is -0.376 e. The zero-order chi connectivity index (χ0) is 18.9. The smallest absolute Gasteiger partial charge is 0.246 e. The molecule has 5 nitrogen and oxygen atoms in total. The van der Waals surface area contributed by atoms with Crippen molar-refractivity contribution in [1.29, 1.82) is 0 Å². The summed E-state index contributed by atoms with van der Waals surface area (Å²) in [6.07, 6.45) is 4.38. The molecule has 1 heterocycles. The Labute approximate surface area is 160 Å². The van der Waals surface area contributed by atoms with Crippen LogP contribution in [0.2, 0.25) is 0 Å². The molecule has 1 aliphatic heterocycles. The SMILES string of the molecule is O=C(CNc1ccc(S(=O)(=O)C2CCCC2)cc1)N1CCc2ccccc21. The van der Waals surface area contributed by atoms with Crippen molar-refractivity contribution >= 4 is 27.1 Å². The number of hydrogen-bond acceptors (Lipinski definition) is 4. The van der Waals surface area contributed by atoms with Gasteiger partial charge in [0.1, 0.15) is 0 Å². The third-order valence-corrected chi connectivity index (χ3v) is 7.83. The highest BCUT2D eigenvalue weighted by molar-refractivity contribution is 7.92. The molecular weight excluding hydrogens is 360 g/mol. The van der Waals surface area contributed by atoms with E-state index in [2.05, 4.69) is 11.4 Å². The van der Waals surface area contributed by atoms with Crippen LogP contribution in [0.15, 0.2) is 53.4 Å². The highest BCUT2D eigenvalue weighted by Crippen LogP contribution is 2.30. The maximum absolute atomic E-state index is 12.6. The molecule has 27 heavy (non-hydrogen) atoms. The first kappa shape index (κ1) is 18.0. The number of anilines is 2. The zero-order valence-corrected chi connectivity index (χ0v) is 16.0. The lowest BCUT2D eigenvalue weighted by atomic mass is 10.2. The van der Waals surface area contributed by atoms with E-state index in [1.54, 1.807) is 29.2 Å². The van der Waals surface area contributed by atoms with Crippen LogP contribution in [0, 0.1) is 0 Å². The summed E-state index contributed by atoms with van der Waals surface area (Å²) >= 11 is 0. The molecule has 1 saturated carbocycles. The summed E-state index contributed by atoms with van der Waals surface area (Å²) in [5.74, 6) is 0.0163. The number of fused-ring (bicyclic) bond motifs is 1. The first-order chi connectivity index (χ1) is 13.1. The van der Waals surface area contributed by atoms with E-state index >= 15 is 0 Å². The topological polar surface area (TPSA) is 66.5 Å². The molecule has 4 rings (SSSR count). The van der Waals surface area contributed by atoms with E-state index in [9.17, 15) is 13.2 Å². The van der Waals surface area contributed by atoms with Gasteiger partial charge in [0.15, 0.2) is 9.84 Å². The number of nitrogens with zero attached hydrogens (tertiary/aromatic N) is 1. The molecule has 142 valence electrons. The third kappa shape index (κ3) is 3.58. The Kier molecular flexibility index (Phi) is 4.91. The summed E-state index contributed by atoms with van der Waals surface area (Å²) in [5, 5.41) is 2.87. The molecule has 0 radical (unpaired) electrons. The first-order valence-corrected chi connectivity index (χ1v) is 11.1. The average molecular weight is 385 g/mol. The highest BCUT2D eigenvalue weighted by atomic mass is 32.2. The molecule has 0 bridgehead atoms. The molecule has 1 aliphatic carbocycles. The minimum atomic E-state index is -3.24. The van der Waals surface area contributed by atoms with Gasteiger partial charge in [-0.25, -0.2) is 8.42 Å². The van der Waals surface area contributed by atoms with Gasteiger partial charge in [0.25, 0.3) is 0 Å². The van der Waals surface area contributed by atoms with E-state index in [4.69, 9.17) is 0 Å². The lowest BCUT2D eigenvalue weighted by Crippen LogP contribution is -2.34. The second kappa shape index (κ2) is 7.35. The van der Waals surface area contributed by atoms with Gasteiger partial charge in [0.05, 0.1) is 16.7 Å². The van der Waals surface area contributed by atoms with Crippen molar-refractivity contribution < 1.29 is 13.2 Å². The van der Waals surface area contributed by atoms with E-state index in [-0.39, 0.29) is 17.7 Å². The van der Waals surface area contributed by atoms with E-state index < -0.39 is 9.84 Å². The summed E-state index contributed by atoms with van der Waals surface area (Å²) in [6, 6.07) is 14.7. The molecule has 1 N–H and O–H groups in total. The Morgan fingerprint density at radius 3 is 2.48 bits per heavy atom. The number of nitrogens with one attached hydrogen (secondary N) is 1. The fourth-order valence-corrected chi connectivity index (χ4v) is 5.88. The number of para-hydroxylation sites is 1. The van der Waals surface area contributed by atoms with Crippen LogP contribution in [-0.2, 0) is 21.1 Å². The number of carbonyl (C=O) groups excluding carboxylic acids is 1. The average Bonchev–Trinajstić information content (AvgIpc) is 3.36. The van der Waals surface area contributed by atoms with Crippen molar-refractivity contribution in [2.75, 3.05) is 23.3 Å². The Hall–Kier alpha value is -2.34. The van der Waals surface area contributed by atoms with Gasteiger partial charge in [0, 0.05) is 17.9 Å². The maximum Gasteiger partial charge on any atom is 0.246 e. The van der Waals surface area contributed by atoms with E-state index in [0.29, 0.717) is 11.4 Å². The molecule has 6 heteroatoms. The zero-order valence-electron chi connectivity index (χ0n) is 15.2. The number of hydrogen-bond donors (Lipinski definition) is 1. The fraction of sp³-hybridized carbons (Fsp3) is 0.381. The molecule has 2 aromatic rings. The summed E-state index contributed by atoms with van der Waals surface area (Å²) in [5.41, 5.74) is 2.94. The molecule has 0 unspecified atom stereocenters. The predicted molar refractivity (Wildman–Crippen MR) is 107 cm³/mol. The van der Waals surface area contributed by atoms with Gasteiger partial charge in [-0.3, -0.25) is 4.79 Å². The van der Waals surface area contributed by atoms with Gasteiger partial charge in [-0.15, -0.1) is 0 Å². The van der Waals surface area contributed by atoms with Gasteiger partial charge in [-0.1, -0.05) is 31.0 Å². The van der Waals surface area contributed by atoms with Crippen LogP contribution in [0.1, 0.15) is 31.2 Å². The highest BCUT2D eigenvalue weighted by Gasteiger charge is 2.30. The van der Waals surface area contributed by atoms with Gasteiger partial charge in [-0.05, 0) is 55.2 Å². The van der Waals surface area contributed by atoms with Crippen LogP contribution in [0.4, 0.5) is 11.4 Å². The lowest BCUT2D eigenvalue weighted by Gasteiger charge is -2.18. The standard InChI is InChI=1S/C21H24N2O3S/c24-21(23-14-13-16-5-1-4-8-20(16)23)15-22-17-9-11-19(12-10-17)27(25,26)18-6-2-3-7-18/h1,4-5,8-12,18,22H,2-3,6-7,13-15H2. The van der Waals surface area contributed by atoms with Crippen molar-refractivity contribution in [3.63, 3.8) is 0 Å². The summed E-state index contributed by atoms with van der Waals surface area (Å²) in [4.78, 5) is 14.7. The largest absolute Gasteiger partial charge is 0.376 e. The van der Waals surface area contributed by atoms with E-state index in [1.807, 2.05) is 18.2 Å². The molecule has 0 aromatic heterocycles. The van der Waals surface area contributed by atoms with Crippen LogP contribution in [0.5, 0.6) is 0 Å². The van der Waals surface area contributed by atoms with E-state index in [1.165, 1.54) is 5.56 Å². The van der Waals surface area contributed by atoms with Crippen LogP contribution in [-0.4, -0.2) is 32.7 Å². The summed E-state index contributed by atoms with van der Waals surface area (Å²) in [6.45, 7) is 0.890. The van der Waals surface area contributed by atoms with Crippen LogP contribution in [0.25, 0.3) is 0 Å². The van der Waals surface area contributed by atoms with Crippen molar-refractivity contribution in [3.05, 3.63) is 54.1 Å². The van der Waals surface area contributed by atoms with Crippen molar-refractivity contribution in [2.45, 2.75) is 42.2 Å². The monoisotopic (exact) mass is 384 g/mol. The van der Waals surface area contributed by atoms with Gasteiger partial charge in [0.2, 0.25) is 5.91 Å².